The summed E-state index contributed by atoms with van der Waals surface area (Å²) in [5, 5.41) is 9.85. The Morgan fingerprint density at radius 2 is 1.58 bits per heavy atom. The Morgan fingerprint density at radius 3 is 2.04 bits per heavy atom. The van der Waals surface area contributed by atoms with Crippen LogP contribution >= 0.6 is 0 Å². The van der Waals surface area contributed by atoms with Crippen LogP contribution in [-0.4, -0.2) is 43.8 Å². The number of hydrogen-bond acceptors (Lipinski definition) is 7. The average molecular weight is 368 g/mol. The fourth-order valence-electron chi connectivity index (χ4n) is 3.29. The summed E-state index contributed by atoms with van der Waals surface area (Å²) in [6, 6.07) is 1.19. The molecule has 26 heavy (non-hydrogen) atoms. The maximum atomic E-state index is 13.7. The molecule has 10 heteroatoms. The summed E-state index contributed by atoms with van der Waals surface area (Å²) in [7, 11) is 0. The summed E-state index contributed by atoms with van der Waals surface area (Å²) in [4.78, 5) is 12.8. The topological polar surface area (TPSA) is 88.8 Å². The molecule has 140 valence electrons. The Bertz CT molecular complexity index is 764. The normalized spacial score (nSPS) is 27.5. The number of halogens is 3. The number of aromatic nitrogens is 4. The first kappa shape index (κ1) is 17.0. The third-order valence-electron chi connectivity index (χ3n) is 4.59. The van der Waals surface area contributed by atoms with Crippen LogP contribution in [0.2, 0.25) is 0 Å². The van der Waals surface area contributed by atoms with Gasteiger partial charge in [0.25, 0.3) is 5.92 Å². The molecule has 2 aliphatic rings. The van der Waals surface area contributed by atoms with E-state index < -0.39 is 17.6 Å². The molecule has 7 nitrogen and oxygen atoms in total. The predicted molar refractivity (Wildman–Crippen MR) is 87.8 cm³/mol. The Kier molecular flexibility index (Phi) is 3.81. The van der Waals surface area contributed by atoms with E-state index in [-0.39, 0.29) is 36.6 Å². The first-order valence-electron chi connectivity index (χ1n) is 8.47. The van der Waals surface area contributed by atoms with Crippen LogP contribution in [0.1, 0.15) is 38.4 Å². The molecule has 0 saturated heterocycles. The van der Waals surface area contributed by atoms with Gasteiger partial charge < -0.3 is 15.2 Å². The minimum absolute atomic E-state index is 0.0832. The fourth-order valence-corrected chi connectivity index (χ4v) is 3.29. The smallest absolute Gasteiger partial charge is 0.252 e. The quantitative estimate of drug-likeness (QED) is 0.837. The van der Waals surface area contributed by atoms with Crippen LogP contribution in [0.3, 0.4) is 0 Å². The number of rotatable bonds is 5. The Labute approximate surface area is 147 Å². The van der Waals surface area contributed by atoms with Gasteiger partial charge in [-0.05, 0) is 13.8 Å². The number of nitrogens with one attached hydrogen (secondary N) is 2. The highest BCUT2D eigenvalue weighted by atomic mass is 19.3. The third-order valence-corrected chi connectivity index (χ3v) is 4.59. The highest BCUT2D eigenvalue weighted by molar-refractivity contribution is 5.53. The summed E-state index contributed by atoms with van der Waals surface area (Å²) in [6.45, 7) is 3.29. The van der Waals surface area contributed by atoms with Gasteiger partial charge in [-0.3, -0.25) is 0 Å². The molecule has 0 atom stereocenters. The molecule has 2 saturated carbocycles. The van der Waals surface area contributed by atoms with Crippen LogP contribution in [0, 0.1) is 6.92 Å². The van der Waals surface area contributed by atoms with Crippen molar-refractivity contribution in [2.75, 3.05) is 10.6 Å². The maximum Gasteiger partial charge on any atom is 0.252 e. The van der Waals surface area contributed by atoms with Crippen LogP contribution < -0.4 is 10.6 Å². The summed E-state index contributed by atoms with van der Waals surface area (Å²) in [6.07, 6.45) is 0.189. The lowest BCUT2D eigenvalue weighted by atomic mass is 9.79. The first-order valence-corrected chi connectivity index (χ1v) is 8.47. The lowest BCUT2D eigenvalue weighted by molar-refractivity contribution is -0.0794. The van der Waals surface area contributed by atoms with E-state index in [1.54, 1.807) is 19.9 Å². The van der Waals surface area contributed by atoms with E-state index >= 15 is 0 Å². The van der Waals surface area contributed by atoms with Gasteiger partial charge >= 0.3 is 0 Å². The van der Waals surface area contributed by atoms with Crippen molar-refractivity contribution in [3.05, 3.63) is 11.8 Å². The van der Waals surface area contributed by atoms with Crippen molar-refractivity contribution in [3.63, 3.8) is 0 Å². The minimum Gasteiger partial charge on any atom is -0.361 e. The van der Waals surface area contributed by atoms with E-state index in [1.165, 1.54) is 0 Å². The molecule has 0 unspecified atom stereocenters. The van der Waals surface area contributed by atoms with Crippen molar-refractivity contribution in [1.82, 2.24) is 20.1 Å². The molecule has 0 radical (unpaired) electrons. The predicted octanol–water partition coefficient (Wildman–Crippen LogP) is 3.35. The molecule has 2 aliphatic carbocycles. The van der Waals surface area contributed by atoms with E-state index in [4.69, 9.17) is 4.52 Å². The second-order valence-corrected chi connectivity index (χ2v) is 7.40. The Morgan fingerprint density at radius 1 is 1.00 bits per heavy atom. The molecular weight excluding hydrogens is 349 g/mol. The largest absolute Gasteiger partial charge is 0.361 e. The van der Waals surface area contributed by atoms with Crippen LogP contribution in [0.15, 0.2) is 10.6 Å². The van der Waals surface area contributed by atoms with Crippen LogP contribution in [-0.2, 0) is 0 Å². The zero-order valence-electron chi connectivity index (χ0n) is 14.4. The highest BCUT2D eigenvalue weighted by Crippen LogP contribution is 2.39. The van der Waals surface area contributed by atoms with Crippen molar-refractivity contribution in [2.24, 2.45) is 0 Å². The second-order valence-electron chi connectivity index (χ2n) is 7.40. The van der Waals surface area contributed by atoms with Crippen LogP contribution in [0.4, 0.5) is 25.1 Å². The molecule has 2 aromatic heterocycles. The monoisotopic (exact) mass is 368 g/mol. The van der Waals surface area contributed by atoms with E-state index in [1.807, 2.05) is 0 Å². The zero-order valence-corrected chi connectivity index (χ0v) is 14.4. The van der Waals surface area contributed by atoms with E-state index in [0.717, 1.165) is 0 Å². The van der Waals surface area contributed by atoms with Crippen LogP contribution in [0.25, 0.3) is 11.5 Å². The van der Waals surface area contributed by atoms with Gasteiger partial charge in [-0.1, -0.05) is 5.16 Å². The zero-order chi connectivity index (χ0) is 18.5. The first-order chi connectivity index (χ1) is 12.2. The molecule has 2 heterocycles. The standard InChI is InChI=1S/C16H19F3N6O/c1-8-3-11(25-26-8)12-22-13(20-9-4-15(2,17)5-9)24-14(23-12)21-10-6-16(18,19)7-10/h3,9-10H,4-7H2,1-2H3,(H2,20,21,22,23,24). The van der Waals surface area contributed by atoms with Gasteiger partial charge in [-0.2, -0.15) is 15.0 Å². The molecule has 0 aromatic carbocycles. The van der Waals surface area contributed by atoms with Gasteiger partial charge in [-0.25, -0.2) is 13.2 Å². The molecule has 2 N–H and O–H groups in total. The molecular formula is C16H19F3N6O. The lowest BCUT2D eigenvalue weighted by Gasteiger charge is -2.39. The summed E-state index contributed by atoms with van der Waals surface area (Å²) in [5.41, 5.74) is -0.770. The van der Waals surface area contributed by atoms with Gasteiger partial charge in [-0.15, -0.1) is 0 Å². The SMILES string of the molecule is Cc1cc(-c2nc(NC3CC(C)(F)C3)nc(NC3CC(F)(F)C3)n2)no1. The van der Waals surface area contributed by atoms with Crippen molar-refractivity contribution >= 4 is 11.9 Å². The minimum atomic E-state index is -2.64. The number of hydrogen-bond donors (Lipinski definition) is 2. The number of anilines is 2. The Balaban J connectivity index is 1.55. The number of nitrogens with zero attached hydrogens (tertiary/aromatic N) is 4. The molecule has 0 spiro atoms. The van der Waals surface area contributed by atoms with Crippen molar-refractivity contribution in [1.29, 1.82) is 0 Å². The third kappa shape index (κ3) is 3.58. The lowest BCUT2D eigenvalue weighted by Crippen LogP contribution is -2.46. The summed E-state index contributed by atoms with van der Waals surface area (Å²) in [5.74, 6) is -1.36. The summed E-state index contributed by atoms with van der Waals surface area (Å²) < 4.78 is 44.8. The van der Waals surface area contributed by atoms with E-state index in [2.05, 4.69) is 30.7 Å². The van der Waals surface area contributed by atoms with Crippen molar-refractivity contribution < 1.29 is 17.7 Å². The van der Waals surface area contributed by atoms with Crippen molar-refractivity contribution in [3.8, 4) is 11.5 Å². The average Bonchev–Trinajstić information content (AvgIpc) is 2.90. The van der Waals surface area contributed by atoms with Gasteiger partial charge in [0.05, 0.1) is 0 Å². The summed E-state index contributed by atoms with van der Waals surface area (Å²) >= 11 is 0. The fraction of sp³-hybridized carbons (Fsp3) is 0.625. The maximum absolute atomic E-state index is 13.7. The van der Waals surface area contributed by atoms with E-state index in [0.29, 0.717) is 24.3 Å². The van der Waals surface area contributed by atoms with Gasteiger partial charge in [0.1, 0.15) is 11.4 Å². The molecule has 2 aromatic rings. The number of alkyl halides is 3. The Hall–Kier alpha value is -2.39. The molecule has 0 amide bonds. The van der Waals surface area contributed by atoms with Gasteiger partial charge in [0, 0.05) is 43.8 Å². The van der Waals surface area contributed by atoms with Gasteiger partial charge in [0.2, 0.25) is 11.9 Å². The van der Waals surface area contributed by atoms with Gasteiger partial charge in [0.15, 0.2) is 11.5 Å². The van der Waals surface area contributed by atoms with Crippen molar-refractivity contribution in [2.45, 2.75) is 63.2 Å². The highest BCUT2D eigenvalue weighted by Gasteiger charge is 2.45. The number of aryl methyl sites for hydroxylation is 1. The second kappa shape index (κ2) is 5.82. The molecule has 4 rings (SSSR count). The van der Waals surface area contributed by atoms with Crippen LogP contribution in [0.5, 0.6) is 0 Å². The molecule has 2 fully saturated rings. The molecule has 0 bridgehead atoms. The van der Waals surface area contributed by atoms with E-state index in [9.17, 15) is 13.2 Å². The molecule has 0 aliphatic heterocycles.